The number of nitrogens with one attached hydrogen (secondary N) is 2. The first-order valence-corrected chi connectivity index (χ1v) is 9.84. The van der Waals surface area contributed by atoms with Gasteiger partial charge in [-0.1, -0.05) is 36.0 Å². The second-order valence-electron chi connectivity index (χ2n) is 6.60. The van der Waals surface area contributed by atoms with Gasteiger partial charge in [-0.2, -0.15) is 0 Å². The van der Waals surface area contributed by atoms with Gasteiger partial charge in [0.2, 0.25) is 11.1 Å². The predicted molar refractivity (Wildman–Crippen MR) is 112 cm³/mol. The molecule has 0 atom stereocenters. The van der Waals surface area contributed by atoms with Crippen LogP contribution in [0.4, 0.5) is 5.69 Å². The van der Waals surface area contributed by atoms with E-state index in [1.54, 1.807) is 6.20 Å². The summed E-state index contributed by atoms with van der Waals surface area (Å²) in [7, 11) is 0. The molecule has 2 aromatic carbocycles. The highest BCUT2D eigenvalue weighted by molar-refractivity contribution is 7.99. The summed E-state index contributed by atoms with van der Waals surface area (Å²) in [6.45, 7) is 4.02. The minimum atomic E-state index is -0.0891. The van der Waals surface area contributed by atoms with E-state index in [1.165, 1.54) is 11.8 Å². The number of benzene rings is 2. The number of aromatic amines is 1. The average Bonchev–Trinajstić information content (AvgIpc) is 3.14. The summed E-state index contributed by atoms with van der Waals surface area (Å²) in [6, 6.07) is 15.9. The first kappa shape index (κ1) is 18.2. The smallest absolute Gasteiger partial charge is 0.234 e. The summed E-state index contributed by atoms with van der Waals surface area (Å²) in [5.74, 6) is 0.782. The number of H-pyrrole nitrogens is 1. The molecule has 4 aromatic rings. The average molecular weight is 389 g/mol. The summed E-state index contributed by atoms with van der Waals surface area (Å²) in [6.07, 6.45) is 1.77. The zero-order valence-electron chi connectivity index (χ0n) is 15.6. The summed E-state index contributed by atoms with van der Waals surface area (Å²) >= 11 is 1.29. The fraction of sp³-hybridized carbons (Fsp3) is 0.143. The Balaban J connectivity index is 1.40. The van der Waals surface area contributed by atoms with Gasteiger partial charge in [0.15, 0.2) is 5.82 Å². The highest BCUT2D eigenvalue weighted by Crippen LogP contribution is 2.22. The molecule has 4 rings (SSSR count). The van der Waals surface area contributed by atoms with Crippen molar-refractivity contribution >= 4 is 34.3 Å². The van der Waals surface area contributed by atoms with E-state index in [0.717, 1.165) is 33.3 Å². The summed E-state index contributed by atoms with van der Waals surface area (Å²) < 4.78 is 0. The first-order valence-electron chi connectivity index (χ1n) is 8.85. The molecule has 0 bridgehead atoms. The number of hydrogen-bond acceptors (Lipinski definition) is 5. The van der Waals surface area contributed by atoms with E-state index < -0.39 is 0 Å². The number of anilines is 1. The fourth-order valence-corrected chi connectivity index (χ4v) is 3.61. The molecule has 2 heterocycles. The van der Waals surface area contributed by atoms with E-state index in [2.05, 4.69) is 31.5 Å². The van der Waals surface area contributed by atoms with E-state index in [0.29, 0.717) is 11.0 Å². The Morgan fingerprint density at radius 2 is 1.89 bits per heavy atom. The fourth-order valence-electron chi connectivity index (χ4n) is 3.01. The minimum absolute atomic E-state index is 0.0891. The Bertz CT molecular complexity index is 1130. The van der Waals surface area contributed by atoms with Crippen molar-refractivity contribution in [1.29, 1.82) is 0 Å². The number of fused-ring (bicyclic) bond motifs is 1. The van der Waals surface area contributed by atoms with Crippen LogP contribution in [-0.4, -0.2) is 31.8 Å². The molecule has 0 saturated carbocycles. The summed E-state index contributed by atoms with van der Waals surface area (Å²) in [4.78, 5) is 21.1. The normalized spacial score (nSPS) is 10.9. The summed E-state index contributed by atoms with van der Waals surface area (Å²) in [5.41, 5.74) is 4.83. The Hall–Kier alpha value is -3.19. The zero-order valence-corrected chi connectivity index (χ0v) is 16.4. The molecule has 0 unspecified atom stereocenters. The number of carbonyl (C=O) groups excluding carboxylic acids is 1. The van der Waals surface area contributed by atoms with Crippen LogP contribution in [0.3, 0.4) is 0 Å². The second kappa shape index (κ2) is 7.82. The van der Waals surface area contributed by atoms with E-state index in [4.69, 9.17) is 0 Å². The van der Waals surface area contributed by atoms with Crippen LogP contribution in [0.1, 0.15) is 11.1 Å². The Morgan fingerprint density at radius 1 is 1.11 bits per heavy atom. The highest BCUT2D eigenvalue weighted by Gasteiger charge is 2.10. The van der Waals surface area contributed by atoms with E-state index >= 15 is 0 Å². The van der Waals surface area contributed by atoms with Crippen LogP contribution in [0.5, 0.6) is 0 Å². The largest absolute Gasteiger partial charge is 0.325 e. The van der Waals surface area contributed by atoms with Crippen molar-refractivity contribution < 1.29 is 4.79 Å². The van der Waals surface area contributed by atoms with Crippen molar-refractivity contribution in [2.45, 2.75) is 19.0 Å². The number of thioether (sulfide) groups is 1. The number of carbonyl (C=O) groups is 1. The molecule has 0 saturated heterocycles. The molecular formula is C21H19N5OS. The molecule has 0 spiro atoms. The van der Waals surface area contributed by atoms with Gasteiger partial charge in [-0.15, -0.1) is 5.10 Å². The van der Waals surface area contributed by atoms with E-state index in [-0.39, 0.29) is 11.7 Å². The predicted octanol–water partition coefficient (Wildman–Crippen LogP) is 4.37. The topological polar surface area (TPSA) is 83.6 Å². The molecule has 0 aliphatic rings. The molecule has 140 valence electrons. The zero-order chi connectivity index (χ0) is 19.5. The number of rotatable bonds is 5. The van der Waals surface area contributed by atoms with Crippen LogP contribution >= 0.6 is 11.8 Å². The van der Waals surface area contributed by atoms with Gasteiger partial charge < -0.3 is 5.32 Å². The third kappa shape index (κ3) is 4.20. The monoisotopic (exact) mass is 389 g/mol. The quantitative estimate of drug-likeness (QED) is 0.495. The van der Waals surface area contributed by atoms with Gasteiger partial charge in [0.25, 0.3) is 0 Å². The molecule has 7 heteroatoms. The molecule has 0 aliphatic carbocycles. The number of para-hydroxylation sites is 1. The van der Waals surface area contributed by atoms with Crippen molar-refractivity contribution in [3.05, 3.63) is 65.9 Å². The number of nitrogens with zero attached hydrogens (tertiary/aromatic N) is 3. The van der Waals surface area contributed by atoms with E-state index in [1.807, 2.05) is 56.3 Å². The molecule has 2 N–H and O–H groups in total. The maximum absolute atomic E-state index is 12.2. The molecular weight excluding hydrogens is 370 g/mol. The lowest BCUT2D eigenvalue weighted by Gasteiger charge is -2.06. The van der Waals surface area contributed by atoms with Gasteiger partial charge >= 0.3 is 0 Å². The lowest BCUT2D eigenvalue weighted by atomic mass is 10.1. The van der Waals surface area contributed by atoms with Crippen molar-refractivity contribution in [2.75, 3.05) is 11.1 Å². The number of aromatic nitrogens is 4. The highest BCUT2D eigenvalue weighted by atomic mass is 32.2. The van der Waals surface area contributed by atoms with Crippen LogP contribution in [0.25, 0.3) is 22.3 Å². The molecule has 1 amide bonds. The van der Waals surface area contributed by atoms with Gasteiger partial charge in [-0.25, -0.2) is 4.98 Å². The van der Waals surface area contributed by atoms with Crippen molar-refractivity contribution in [3.8, 4) is 11.4 Å². The molecule has 0 radical (unpaired) electrons. The first-order chi connectivity index (χ1) is 13.6. The van der Waals surface area contributed by atoms with Gasteiger partial charge in [0, 0.05) is 22.8 Å². The lowest BCUT2D eigenvalue weighted by Crippen LogP contribution is -2.14. The minimum Gasteiger partial charge on any atom is -0.325 e. The molecule has 0 aliphatic heterocycles. The maximum atomic E-state index is 12.2. The Morgan fingerprint density at radius 3 is 2.71 bits per heavy atom. The summed E-state index contributed by atoms with van der Waals surface area (Å²) in [5, 5.41) is 11.6. The lowest BCUT2D eigenvalue weighted by molar-refractivity contribution is -0.113. The Labute approximate surface area is 166 Å². The maximum Gasteiger partial charge on any atom is 0.234 e. The Kier molecular flexibility index (Phi) is 5.08. The van der Waals surface area contributed by atoms with Crippen LogP contribution < -0.4 is 5.32 Å². The van der Waals surface area contributed by atoms with Crippen molar-refractivity contribution in [2.24, 2.45) is 0 Å². The third-order valence-corrected chi connectivity index (χ3v) is 5.01. The van der Waals surface area contributed by atoms with Gasteiger partial charge in [0.1, 0.15) is 0 Å². The van der Waals surface area contributed by atoms with Crippen LogP contribution in [-0.2, 0) is 4.79 Å². The number of pyridine rings is 1. The second-order valence-corrected chi connectivity index (χ2v) is 7.54. The number of hydrogen-bond donors (Lipinski definition) is 2. The SMILES string of the molecule is Cc1cc(C)cc(NC(=O)CSc2n[nH]c(-c3cnc4ccccc4c3)n2)c1. The van der Waals surface area contributed by atoms with E-state index in [9.17, 15) is 4.79 Å². The van der Waals surface area contributed by atoms with Crippen molar-refractivity contribution in [1.82, 2.24) is 20.2 Å². The van der Waals surface area contributed by atoms with Crippen LogP contribution in [0.15, 0.2) is 59.9 Å². The van der Waals surface area contributed by atoms with Gasteiger partial charge in [0.05, 0.1) is 11.3 Å². The third-order valence-electron chi connectivity index (χ3n) is 4.17. The molecule has 0 fully saturated rings. The number of amides is 1. The van der Waals surface area contributed by atoms with Gasteiger partial charge in [-0.05, 0) is 49.2 Å². The van der Waals surface area contributed by atoms with Crippen LogP contribution in [0.2, 0.25) is 0 Å². The standard InChI is InChI=1S/C21H19N5OS/c1-13-7-14(2)9-17(8-13)23-19(27)12-28-21-24-20(25-26-21)16-10-15-5-3-4-6-18(15)22-11-16/h3-11H,12H2,1-2H3,(H,23,27)(H,24,25,26). The number of aryl methyl sites for hydroxylation is 2. The molecule has 2 aromatic heterocycles. The van der Waals surface area contributed by atoms with Gasteiger partial charge in [-0.3, -0.25) is 14.9 Å². The molecule has 28 heavy (non-hydrogen) atoms. The molecule has 6 nitrogen and oxygen atoms in total. The van der Waals surface area contributed by atoms with Crippen molar-refractivity contribution in [3.63, 3.8) is 0 Å². The van der Waals surface area contributed by atoms with Crippen LogP contribution in [0, 0.1) is 13.8 Å².